The van der Waals surface area contributed by atoms with E-state index in [2.05, 4.69) is 21.1 Å². The van der Waals surface area contributed by atoms with Gasteiger partial charge in [0.1, 0.15) is 0 Å². The average molecular weight is 270 g/mol. The van der Waals surface area contributed by atoms with E-state index >= 15 is 0 Å². The zero-order chi connectivity index (χ0) is 10.8. The van der Waals surface area contributed by atoms with E-state index in [0.29, 0.717) is 12.1 Å². The van der Waals surface area contributed by atoms with Gasteiger partial charge in [0.2, 0.25) is 6.10 Å². The van der Waals surface area contributed by atoms with Crippen LogP contribution in [0.2, 0.25) is 0 Å². The van der Waals surface area contributed by atoms with Crippen LogP contribution in [-0.4, -0.2) is 22.9 Å². The lowest BCUT2D eigenvalue weighted by Crippen LogP contribution is -2.19. The number of rotatable bonds is 2. The number of carboxylic acids is 1. The Balaban J connectivity index is 2.17. The summed E-state index contributed by atoms with van der Waals surface area (Å²) in [5.74, 6) is -0.983. The fraction of sp³-hybridized carbons (Fsp3) is 0.200. The Bertz CT molecular complexity index is 430. The van der Waals surface area contributed by atoms with E-state index in [-0.39, 0.29) is 0 Å². The molecular weight excluding hydrogens is 262 g/mol. The molecule has 15 heavy (non-hydrogen) atoms. The molecule has 0 aliphatic carbocycles. The van der Waals surface area contributed by atoms with E-state index in [1.54, 1.807) is 0 Å². The van der Waals surface area contributed by atoms with Crippen molar-refractivity contribution in [2.75, 3.05) is 0 Å². The normalized spacial score (nSPS) is 19.5. The van der Waals surface area contributed by atoms with Gasteiger partial charge in [-0.25, -0.2) is 4.79 Å². The highest BCUT2D eigenvalue weighted by molar-refractivity contribution is 9.10. The minimum atomic E-state index is -0.983. The van der Waals surface area contributed by atoms with Crippen molar-refractivity contribution in [3.05, 3.63) is 34.3 Å². The molecule has 4 nitrogen and oxygen atoms in total. The number of aliphatic carboxylic acids is 1. The Hall–Kier alpha value is -1.36. The topological polar surface area (TPSA) is 58.9 Å². The minimum absolute atomic E-state index is 0.311. The highest BCUT2D eigenvalue weighted by Crippen LogP contribution is 2.19. The molecule has 0 saturated heterocycles. The van der Waals surface area contributed by atoms with Crippen LogP contribution in [-0.2, 0) is 9.63 Å². The number of benzene rings is 1. The van der Waals surface area contributed by atoms with Crippen molar-refractivity contribution in [2.24, 2.45) is 5.16 Å². The van der Waals surface area contributed by atoms with Crippen LogP contribution >= 0.6 is 15.9 Å². The van der Waals surface area contributed by atoms with Gasteiger partial charge < -0.3 is 9.94 Å². The van der Waals surface area contributed by atoms with Crippen LogP contribution in [0.25, 0.3) is 0 Å². The van der Waals surface area contributed by atoms with Gasteiger partial charge in [0.25, 0.3) is 0 Å². The molecule has 0 radical (unpaired) electrons. The van der Waals surface area contributed by atoms with Crippen molar-refractivity contribution in [3.63, 3.8) is 0 Å². The van der Waals surface area contributed by atoms with Crippen molar-refractivity contribution >= 4 is 27.6 Å². The van der Waals surface area contributed by atoms with Crippen molar-refractivity contribution in [2.45, 2.75) is 12.5 Å². The highest BCUT2D eigenvalue weighted by atomic mass is 79.9. The maximum absolute atomic E-state index is 10.6. The molecule has 1 aliphatic heterocycles. The lowest BCUT2D eigenvalue weighted by Gasteiger charge is -2.00. The molecule has 0 fully saturated rings. The molecular formula is C10H8BrNO3. The first-order valence-corrected chi connectivity index (χ1v) is 5.17. The summed E-state index contributed by atoms with van der Waals surface area (Å²) in [5, 5.41) is 12.5. The molecule has 78 valence electrons. The molecule has 1 atom stereocenters. The monoisotopic (exact) mass is 269 g/mol. The molecule has 1 aromatic rings. The van der Waals surface area contributed by atoms with Gasteiger partial charge in [-0.05, 0) is 12.1 Å². The van der Waals surface area contributed by atoms with E-state index in [1.165, 1.54) is 0 Å². The average Bonchev–Trinajstić information content (AvgIpc) is 2.66. The number of carboxylic acid groups (broad SMARTS) is 1. The first-order chi connectivity index (χ1) is 7.16. The van der Waals surface area contributed by atoms with Gasteiger partial charge in [0, 0.05) is 16.5 Å². The summed E-state index contributed by atoms with van der Waals surface area (Å²) in [6.45, 7) is 0. The van der Waals surface area contributed by atoms with Crippen LogP contribution in [0.5, 0.6) is 0 Å². The van der Waals surface area contributed by atoms with Crippen LogP contribution in [0.15, 0.2) is 33.9 Å². The van der Waals surface area contributed by atoms with Gasteiger partial charge in [-0.15, -0.1) is 0 Å². The molecule has 0 unspecified atom stereocenters. The zero-order valence-corrected chi connectivity index (χ0v) is 9.27. The van der Waals surface area contributed by atoms with Crippen molar-refractivity contribution in [3.8, 4) is 0 Å². The zero-order valence-electron chi connectivity index (χ0n) is 7.68. The van der Waals surface area contributed by atoms with Crippen LogP contribution in [0.1, 0.15) is 12.0 Å². The summed E-state index contributed by atoms with van der Waals surface area (Å²) in [5.41, 5.74) is 1.55. The Morgan fingerprint density at radius 1 is 1.60 bits per heavy atom. The van der Waals surface area contributed by atoms with Gasteiger partial charge in [-0.1, -0.05) is 33.2 Å². The molecule has 0 amide bonds. The SMILES string of the molecule is O=C(O)[C@H]1CC(c2cccc(Br)c2)=NO1. The highest BCUT2D eigenvalue weighted by Gasteiger charge is 2.28. The second kappa shape index (κ2) is 4.02. The van der Waals surface area contributed by atoms with E-state index in [0.717, 1.165) is 10.0 Å². The number of nitrogens with zero attached hydrogens (tertiary/aromatic N) is 1. The van der Waals surface area contributed by atoms with Crippen LogP contribution in [0.4, 0.5) is 0 Å². The van der Waals surface area contributed by atoms with Gasteiger partial charge in [-0.2, -0.15) is 0 Å². The molecule has 0 saturated carbocycles. The summed E-state index contributed by atoms with van der Waals surface area (Å²) in [7, 11) is 0. The van der Waals surface area contributed by atoms with E-state index in [4.69, 9.17) is 9.94 Å². The van der Waals surface area contributed by atoms with Crippen LogP contribution < -0.4 is 0 Å². The molecule has 1 aromatic carbocycles. The van der Waals surface area contributed by atoms with Gasteiger partial charge in [0.05, 0.1) is 5.71 Å². The summed E-state index contributed by atoms with van der Waals surface area (Å²) in [6.07, 6.45) is -0.537. The molecule has 0 bridgehead atoms. The van der Waals surface area contributed by atoms with Gasteiger partial charge >= 0.3 is 5.97 Å². The smallest absolute Gasteiger partial charge is 0.348 e. The Morgan fingerprint density at radius 2 is 2.40 bits per heavy atom. The summed E-state index contributed by atoms with van der Waals surface area (Å²) >= 11 is 3.34. The first-order valence-electron chi connectivity index (χ1n) is 4.38. The fourth-order valence-electron chi connectivity index (χ4n) is 1.35. The Labute approximate surface area is 94.7 Å². The number of carbonyl (C=O) groups is 1. The fourth-order valence-corrected chi connectivity index (χ4v) is 1.75. The van der Waals surface area contributed by atoms with Crippen molar-refractivity contribution in [1.29, 1.82) is 0 Å². The molecule has 1 aliphatic rings. The largest absolute Gasteiger partial charge is 0.478 e. The predicted octanol–water partition coefficient (Wildman–Crippen LogP) is 2.03. The molecule has 0 aromatic heterocycles. The third-order valence-corrected chi connectivity index (χ3v) is 2.60. The predicted molar refractivity (Wildman–Crippen MR) is 57.8 cm³/mol. The molecule has 2 rings (SSSR count). The second-order valence-corrected chi connectivity index (χ2v) is 4.10. The number of hydrogen-bond donors (Lipinski definition) is 1. The third-order valence-electron chi connectivity index (χ3n) is 2.10. The Kier molecular flexibility index (Phi) is 2.73. The summed E-state index contributed by atoms with van der Waals surface area (Å²) < 4.78 is 0.932. The number of halogens is 1. The molecule has 0 spiro atoms. The van der Waals surface area contributed by atoms with Crippen LogP contribution in [0, 0.1) is 0 Å². The quantitative estimate of drug-likeness (QED) is 0.894. The van der Waals surface area contributed by atoms with Crippen LogP contribution in [0.3, 0.4) is 0 Å². The summed E-state index contributed by atoms with van der Waals surface area (Å²) in [6, 6.07) is 7.52. The molecule has 1 N–H and O–H groups in total. The van der Waals surface area contributed by atoms with Crippen molar-refractivity contribution in [1.82, 2.24) is 0 Å². The standard InChI is InChI=1S/C10H8BrNO3/c11-7-3-1-2-6(4-7)8-5-9(10(13)14)15-12-8/h1-4,9H,5H2,(H,13,14)/t9-/m1/s1. The maximum Gasteiger partial charge on any atom is 0.348 e. The second-order valence-electron chi connectivity index (χ2n) is 3.18. The molecule has 5 heteroatoms. The van der Waals surface area contributed by atoms with Crippen molar-refractivity contribution < 1.29 is 14.7 Å². The number of oxime groups is 1. The number of hydrogen-bond acceptors (Lipinski definition) is 3. The summed E-state index contributed by atoms with van der Waals surface area (Å²) in [4.78, 5) is 15.4. The minimum Gasteiger partial charge on any atom is -0.478 e. The Morgan fingerprint density at radius 3 is 3.00 bits per heavy atom. The lowest BCUT2D eigenvalue weighted by atomic mass is 10.1. The maximum atomic E-state index is 10.6. The van der Waals surface area contributed by atoms with E-state index < -0.39 is 12.1 Å². The van der Waals surface area contributed by atoms with E-state index in [1.807, 2.05) is 24.3 Å². The lowest BCUT2D eigenvalue weighted by molar-refractivity contribution is -0.148. The molecule has 1 heterocycles. The third kappa shape index (κ3) is 2.18. The first kappa shape index (κ1) is 10.2. The van der Waals surface area contributed by atoms with E-state index in [9.17, 15) is 4.79 Å². The van der Waals surface area contributed by atoms with Gasteiger partial charge in [-0.3, -0.25) is 0 Å². The van der Waals surface area contributed by atoms with Gasteiger partial charge in [0.15, 0.2) is 0 Å².